The lowest BCUT2D eigenvalue weighted by Crippen LogP contribution is -2.45. The molecule has 26 heavy (non-hydrogen) atoms. The van der Waals surface area contributed by atoms with E-state index in [9.17, 15) is 0 Å². The van der Waals surface area contributed by atoms with Crippen LogP contribution in [-0.4, -0.2) is 28.1 Å². The molecule has 0 saturated carbocycles. The van der Waals surface area contributed by atoms with Crippen LogP contribution in [0.1, 0.15) is 11.1 Å². The molecule has 4 nitrogen and oxygen atoms in total. The highest BCUT2D eigenvalue weighted by atomic mass is 35.6. The number of aliphatic imine (C=N–C) groups is 1. The van der Waals surface area contributed by atoms with E-state index in [0.717, 1.165) is 16.8 Å². The van der Waals surface area contributed by atoms with E-state index in [1.165, 1.54) is 7.11 Å². The summed E-state index contributed by atoms with van der Waals surface area (Å²) in [6.07, 6.45) is -0.951. The summed E-state index contributed by atoms with van der Waals surface area (Å²) in [5, 5.41) is 6.20. The van der Waals surface area contributed by atoms with Gasteiger partial charge < -0.3 is 15.4 Å². The highest BCUT2D eigenvalue weighted by Gasteiger charge is 2.34. The van der Waals surface area contributed by atoms with Crippen molar-refractivity contribution in [1.82, 2.24) is 5.32 Å². The van der Waals surface area contributed by atoms with Gasteiger partial charge in [-0.05, 0) is 43.4 Å². The molecule has 0 bridgehead atoms. The van der Waals surface area contributed by atoms with E-state index in [4.69, 9.17) is 51.8 Å². The lowest BCUT2D eigenvalue weighted by molar-refractivity contribution is 0.397. The maximum Gasteiger partial charge on any atom is 0.230 e. The number of para-hydroxylation sites is 1. The van der Waals surface area contributed by atoms with Gasteiger partial charge in [-0.3, -0.25) is 0 Å². The number of nitrogens with one attached hydrogen (secondary N) is 2. The van der Waals surface area contributed by atoms with Gasteiger partial charge >= 0.3 is 0 Å². The number of halogens is 3. The number of thiocarbonyl (C=S) groups is 1. The van der Waals surface area contributed by atoms with E-state index in [1.807, 2.05) is 61.5 Å². The first kappa shape index (κ1) is 20.8. The van der Waals surface area contributed by atoms with Crippen molar-refractivity contribution in [3.05, 3.63) is 65.7 Å². The fourth-order valence-corrected chi connectivity index (χ4v) is 2.60. The van der Waals surface area contributed by atoms with Crippen molar-refractivity contribution in [2.24, 2.45) is 4.99 Å². The predicted molar refractivity (Wildman–Crippen MR) is 115 cm³/mol. The summed E-state index contributed by atoms with van der Waals surface area (Å²) in [5.41, 5.74) is 2.69. The third kappa shape index (κ3) is 6.32. The average molecular weight is 431 g/mol. The highest BCUT2D eigenvalue weighted by molar-refractivity contribution is 7.80. The number of ether oxygens (including phenoxy) is 1. The van der Waals surface area contributed by atoms with E-state index >= 15 is 0 Å². The molecular formula is C18H18Cl3N3OS. The van der Waals surface area contributed by atoms with Crippen LogP contribution in [-0.2, 0) is 4.74 Å². The molecule has 2 aromatic rings. The Balaban J connectivity index is 2.20. The Bertz CT molecular complexity index is 762. The fraction of sp³-hybridized carbons (Fsp3) is 0.222. The molecule has 0 aliphatic carbocycles. The van der Waals surface area contributed by atoms with Crippen molar-refractivity contribution in [3.63, 3.8) is 0 Å². The Morgan fingerprint density at radius 1 is 1.08 bits per heavy atom. The minimum Gasteiger partial charge on any atom is -0.481 e. The van der Waals surface area contributed by atoms with Crippen LogP contribution in [0.4, 0.5) is 5.69 Å². The number of aryl methyl sites for hydroxylation is 1. The zero-order chi connectivity index (χ0) is 19.2. The van der Waals surface area contributed by atoms with Crippen LogP contribution in [0, 0.1) is 6.92 Å². The van der Waals surface area contributed by atoms with Crippen molar-refractivity contribution in [1.29, 1.82) is 0 Å². The molecule has 2 rings (SSSR count). The van der Waals surface area contributed by atoms with Gasteiger partial charge in [0, 0.05) is 11.3 Å². The van der Waals surface area contributed by atoms with Crippen LogP contribution < -0.4 is 10.6 Å². The fourth-order valence-electron chi connectivity index (χ4n) is 2.06. The monoisotopic (exact) mass is 429 g/mol. The second kappa shape index (κ2) is 9.42. The first-order valence-corrected chi connectivity index (χ1v) is 9.22. The molecule has 1 atom stereocenters. The third-order valence-corrected chi connectivity index (χ3v) is 4.19. The summed E-state index contributed by atoms with van der Waals surface area (Å²) < 4.78 is 3.63. The first-order valence-electron chi connectivity index (χ1n) is 7.67. The van der Waals surface area contributed by atoms with E-state index in [-0.39, 0.29) is 5.11 Å². The normalized spacial score (nSPS) is 13.0. The molecule has 0 heterocycles. The van der Waals surface area contributed by atoms with E-state index in [1.54, 1.807) is 0 Å². The number of hydrogen-bond acceptors (Lipinski definition) is 3. The van der Waals surface area contributed by atoms with Gasteiger partial charge in [0.2, 0.25) is 9.69 Å². The second-order valence-corrected chi connectivity index (χ2v) is 8.19. The van der Waals surface area contributed by atoms with Crippen molar-refractivity contribution >= 4 is 63.7 Å². The van der Waals surface area contributed by atoms with Crippen molar-refractivity contribution in [3.8, 4) is 0 Å². The highest BCUT2D eigenvalue weighted by Crippen LogP contribution is 2.31. The van der Waals surface area contributed by atoms with Gasteiger partial charge in [0.15, 0.2) is 11.3 Å². The number of benzene rings is 2. The molecule has 0 amide bonds. The summed E-state index contributed by atoms with van der Waals surface area (Å²) in [5.74, 6) is 0.330. The maximum atomic E-state index is 6.08. The number of rotatable bonds is 4. The molecule has 2 N–H and O–H groups in total. The molecule has 2 aromatic carbocycles. The molecule has 0 aliphatic heterocycles. The van der Waals surface area contributed by atoms with Crippen molar-refractivity contribution in [2.45, 2.75) is 16.9 Å². The van der Waals surface area contributed by atoms with Crippen LogP contribution in [0.2, 0.25) is 0 Å². The smallest absolute Gasteiger partial charge is 0.230 e. The number of methoxy groups -OCH3 is 1. The number of anilines is 1. The van der Waals surface area contributed by atoms with E-state index < -0.39 is 9.96 Å². The zero-order valence-corrected chi connectivity index (χ0v) is 17.3. The van der Waals surface area contributed by atoms with E-state index in [2.05, 4.69) is 15.6 Å². The largest absolute Gasteiger partial charge is 0.481 e. The minimum atomic E-state index is -1.74. The molecule has 0 radical (unpaired) electrons. The Kier molecular flexibility index (Phi) is 7.53. The molecular weight excluding hydrogens is 413 g/mol. The van der Waals surface area contributed by atoms with Crippen molar-refractivity contribution < 1.29 is 4.74 Å². The van der Waals surface area contributed by atoms with Gasteiger partial charge in [0.05, 0.1) is 7.11 Å². The molecule has 0 fully saturated rings. The van der Waals surface area contributed by atoms with Gasteiger partial charge in [-0.15, -0.1) is 0 Å². The summed E-state index contributed by atoms with van der Waals surface area (Å²) >= 11 is 23.5. The lowest BCUT2D eigenvalue weighted by Gasteiger charge is -2.24. The van der Waals surface area contributed by atoms with Gasteiger partial charge in [-0.1, -0.05) is 70.7 Å². The molecule has 0 aliphatic rings. The summed E-state index contributed by atoms with van der Waals surface area (Å²) in [6, 6.07) is 17.1. The Labute approximate surface area is 173 Å². The van der Waals surface area contributed by atoms with Crippen LogP contribution in [0.3, 0.4) is 0 Å². The van der Waals surface area contributed by atoms with Gasteiger partial charge in [-0.2, -0.15) is 0 Å². The summed E-state index contributed by atoms with van der Waals surface area (Å²) in [6.45, 7) is 1.99. The SMILES string of the molecule is CO/C(=N\C(NC(=S)Nc1ccccc1)C(Cl)(Cl)Cl)c1ccc(C)cc1. The Morgan fingerprint density at radius 2 is 1.69 bits per heavy atom. The van der Waals surface area contributed by atoms with E-state index in [0.29, 0.717) is 5.90 Å². The molecule has 8 heteroatoms. The average Bonchev–Trinajstić information content (AvgIpc) is 2.59. The molecule has 1 unspecified atom stereocenters. The standard InChI is InChI=1S/C18H18Cl3N3OS/c1-12-8-10-13(11-9-12)15(25-2)23-16(18(19,20)21)24-17(26)22-14-6-4-3-5-7-14/h3-11,16H,1-2H3,(H2,22,24,26)/b23-15-. The number of nitrogens with zero attached hydrogens (tertiary/aromatic N) is 1. The number of alkyl halides is 3. The van der Waals surface area contributed by atoms with Gasteiger partial charge in [0.1, 0.15) is 0 Å². The molecule has 0 aromatic heterocycles. The van der Waals surface area contributed by atoms with Crippen molar-refractivity contribution in [2.75, 3.05) is 12.4 Å². The summed E-state index contributed by atoms with van der Waals surface area (Å²) in [4.78, 5) is 4.41. The molecule has 0 saturated heterocycles. The molecule has 138 valence electrons. The van der Waals surface area contributed by atoms with Crippen LogP contribution in [0.15, 0.2) is 59.6 Å². The van der Waals surface area contributed by atoms with Gasteiger partial charge in [0.25, 0.3) is 0 Å². The van der Waals surface area contributed by atoms with Crippen LogP contribution >= 0.6 is 47.0 Å². The zero-order valence-electron chi connectivity index (χ0n) is 14.2. The topological polar surface area (TPSA) is 45.6 Å². The minimum absolute atomic E-state index is 0.274. The third-order valence-electron chi connectivity index (χ3n) is 3.35. The maximum absolute atomic E-state index is 6.08. The first-order chi connectivity index (χ1) is 12.3. The Morgan fingerprint density at radius 3 is 2.23 bits per heavy atom. The summed E-state index contributed by atoms with van der Waals surface area (Å²) in [7, 11) is 1.51. The quantitative estimate of drug-likeness (QED) is 0.308. The van der Waals surface area contributed by atoms with Crippen LogP contribution in [0.25, 0.3) is 0 Å². The molecule has 0 spiro atoms. The predicted octanol–water partition coefficient (Wildman–Crippen LogP) is 5.07. The Hall–Kier alpha value is -1.53. The second-order valence-electron chi connectivity index (χ2n) is 5.41. The lowest BCUT2D eigenvalue weighted by atomic mass is 10.1. The van der Waals surface area contributed by atoms with Gasteiger partial charge in [-0.25, -0.2) is 4.99 Å². The van der Waals surface area contributed by atoms with Crippen LogP contribution in [0.5, 0.6) is 0 Å². The number of hydrogen-bond donors (Lipinski definition) is 2.